The first-order chi connectivity index (χ1) is 7.57. The highest BCUT2D eigenvalue weighted by atomic mass is 32.2. The second kappa shape index (κ2) is 3.31. The minimum absolute atomic E-state index is 0.399. The summed E-state index contributed by atoms with van der Waals surface area (Å²) in [5.74, 6) is 1.10. The van der Waals surface area contributed by atoms with Gasteiger partial charge in [0, 0.05) is 13.1 Å². The number of piperidine rings is 1. The van der Waals surface area contributed by atoms with Gasteiger partial charge in [0.25, 0.3) is 0 Å². The van der Waals surface area contributed by atoms with Gasteiger partial charge in [-0.15, -0.1) is 0 Å². The van der Waals surface area contributed by atoms with E-state index in [-0.39, 0.29) is 0 Å². The molecule has 0 amide bonds. The Kier molecular flexibility index (Phi) is 2.13. The maximum atomic E-state index is 12.2. The van der Waals surface area contributed by atoms with Crippen LogP contribution >= 0.6 is 0 Å². The number of fused-ring (bicyclic) bond motifs is 1. The van der Waals surface area contributed by atoms with Gasteiger partial charge in [-0.25, -0.2) is 8.42 Å². The Hall–Kier alpha value is -0.870. The molecule has 1 saturated carbocycles. The molecule has 1 aromatic rings. The van der Waals surface area contributed by atoms with Crippen LogP contribution in [0.5, 0.6) is 0 Å². The van der Waals surface area contributed by atoms with Crippen molar-refractivity contribution in [2.24, 2.45) is 11.8 Å². The molecule has 85 valence electrons. The van der Waals surface area contributed by atoms with Crippen molar-refractivity contribution in [2.45, 2.75) is 18.2 Å². The number of rotatable bonds is 2. The molecule has 0 spiro atoms. The zero-order chi connectivity index (χ0) is 11.3. The number of hydrogen-bond donors (Lipinski definition) is 0. The molecule has 1 radical (unpaired) electrons. The standard InChI is InChI=1S/C12H14NO2S/c1-9-2-4-12(5-3-9)16(14,15)13-7-10-6-11(10)8-13/h2-5,7,10-11H,6,8H2,1H3/t10-,11+/m1/s1. The summed E-state index contributed by atoms with van der Waals surface area (Å²) >= 11 is 0. The van der Waals surface area contributed by atoms with E-state index in [1.165, 1.54) is 10.7 Å². The molecule has 0 N–H and O–H groups in total. The first-order valence-electron chi connectivity index (χ1n) is 5.51. The summed E-state index contributed by atoms with van der Waals surface area (Å²) in [6, 6.07) is 7.04. The van der Waals surface area contributed by atoms with E-state index < -0.39 is 10.0 Å². The average molecular weight is 236 g/mol. The molecule has 1 aliphatic heterocycles. The van der Waals surface area contributed by atoms with Crippen LogP contribution in [-0.4, -0.2) is 19.3 Å². The Labute approximate surface area is 96.1 Å². The molecule has 16 heavy (non-hydrogen) atoms. The van der Waals surface area contributed by atoms with Crippen molar-refractivity contribution in [1.82, 2.24) is 4.31 Å². The van der Waals surface area contributed by atoms with E-state index in [0.717, 1.165) is 5.56 Å². The first kappa shape index (κ1) is 10.3. The van der Waals surface area contributed by atoms with Crippen molar-refractivity contribution in [3.05, 3.63) is 36.4 Å². The highest BCUT2D eigenvalue weighted by Gasteiger charge is 2.49. The number of hydrogen-bond acceptors (Lipinski definition) is 2. The lowest BCUT2D eigenvalue weighted by atomic mass is 10.2. The number of sulfonamides is 1. The Morgan fingerprint density at radius 1 is 1.25 bits per heavy atom. The highest BCUT2D eigenvalue weighted by Crippen LogP contribution is 2.49. The van der Waals surface area contributed by atoms with Gasteiger partial charge in [-0.2, -0.15) is 4.31 Å². The van der Waals surface area contributed by atoms with Gasteiger partial charge in [0.1, 0.15) is 0 Å². The van der Waals surface area contributed by atoms with Crippen LogP contribution in [0.1, 0.15) is 12.0 Å². The van der Waals surface area contributed by atoms with Crippen molar-refractivity contribution < 1.29 is 8.42 Å². The third-order valence-electron chi connectivity index (χ3n) is 3.38. The van der Waals surface area contributed by atoms with E-state index in [1.807, 2.05) is 25.6 Å². The average Bonchev–Trinajstić information content (AvgIpc) is 2.86. The third kappa shape index (κ3) is 1.57. The Morgan fingerprint density at radius 2 is 1.94 bits per heavy atom. The summed E-state index contributed by atoms with van der Waals surface area (Å²) in [5, 5.41) is 0. The SMILES string of the molecule is Cc1ccc(S(=O)(=O)N2[CH][C@H]3C[C@H]3C2)cc1. The van der Waals surface area contributed by atoms with Crippen molar-refractivity contribution in [3.63, 3.8) is 0 Å². The van der Waals surface area contributed by atoms with Crippen molar-refractivity contribution in [3.8, 4) is 0 Å². The van der Waals surface area contributed by atoms with Crippen LogP contribution in [0.4, 0.5) is 0 Å². The van der Waals surface area contributed by atoms with E-state index in [9.17, 15) is 8.42 Å². The van der Waals surface area contributed by atoms with Gasteiger partial charge in [-0.1, -0.05) is 17.7 Å². The van der Waals surface area contributed by atoms with E-state index in [1.54, 1.807) is 12.1 Å². The predicted molar refractivity (Wildman–Crippen MR) is 61.0 cm³/mol. The van der Waals surface area contributed by atoms with Crippen LogP contribution < -0.4 is 0 Å². The minimum Gasteiger partial charge on any atom is -0.207 e. The fraction of sp³-hybridized carbons (Fsp3) is 0.417. The molecule has 0 bridgehead atoms. The third-order valence-corrected chi connectivity index (χ3v) is 5.13. The molecule has 3 rings (SSSR count). The Morgan fingerprint density at radius 3 is 2.50 bits per heavy atom. The Bertz CT molecular complexity index is 496. The second-order valence-corrected chi connectivity index (χ2v) is 6.59. The Balaban J connectivity index is 1.89. The zero-order valence-electron chi connectivity index (χ0n) is 9.13. The lowest BCUT2D eigenvalue weighted by Gasteiger charge is -2.17. The topological polar surface area (TPSA) is 37.4 Å². The van der Waals surface area contributed by atoms with Gasteiger partial charge in [0.2, 0.25) is 10.0 Å². The molecule has 4 heteroatoms. The van der Waals surface area contributed by atoms with E-state index in [4.69, 9.17) is 0 Å². The maximum absolute atomic E-state index is 12.2. The molecule has 1 saturated heterocycles. The molecule has 0 aromatic heterocycles. The van der Waals surface area contributed by atoms with E-state index in [0.29, 0.717) is 23.3 Å². The molecular weight excluding hydrogens is 222 g/mol. The first-order valence-corrected chi connectivity index (χ1v) is 6.95. The van der Waals surface area contributed by atoms with Crippen LogP contribution in [0, 0.1) is 25.3 Å². The lowest BCUT2D eigenvalue weighted by Crippen LogP contribution is -2.27. The summed E-state index contributed by atoms with van der Waals surface area (Å²) < 4.78 is 25.9. The van der Waals surface area contributed by atoms with Gasteiger partial charge in [0.05, 0.1) is 4.90 Å². The van der Waals surface area contributed by atoms with Crippen molar-refractivity contribution >= 4 is 10.0 Å². The number of aryl methyl sites for hydroxylation is 1. The molecule has 1 aliphatic carbocycles. The van der Waals surface area contributed by atoms with Gasteiger partial charge in [-0.05, 0) is 37.3 Å². The van der Waals surface area contributed by atoms with Gasteiger partial charge in [-0.3, -0.25) is 0 Å². The van der Waals surface area contributed by atoms with Crippen LogP contribution in [0.15, 0.2) is 29.2 Å². The zero-order valence-corrected chi connectivity index (χ0v) is 9.94. The van der Waals surface area contributed by atoms with E-state index >= 15 is 0 Å². The summed E-state index contributed by atoms with van der Waals surface area (Å²) in [7, 11) is -3.28. The van der Waals surface area contributed by atoms with Crippen LogP contribution in [0.3, 0.4) is 0 Å². The smallest absolute Gasteiger partial charge is 0.207 e. The number of benzene rings is 1. The highest BCUT2D eigenvalue weighted by molar-refractivity contribution is 7.89. The molecule has 1 heterocycles. The molecular formula is C12H14NO2S. The molecule has 2 aliphatic rings. The monoisotopic (exact) mass is 236 g/mol. The summed E-state index contributed by atoms with van der Waals surface area (Å²) in [6.45, 7) is 4.49. The fourth-order valence-electron chi connectivity index (χ4n) is 2.19. The lowest BCUT2D eigenvalue weighted by molar-refractivity contribution is 0.482. The molecule has 2 atom stereocenters. The van der Waals surface area contributed by atoms with Gasteiger partial charge in [0.15, 0.2) is 0 Å². The molecule has 2 fully saturated rings. The summed E-state index contributed by atoms with van der Waals surface area (Å²) in [4.78, 5) is 0.399. The molecule has 1 aromatic carbocycles. The van der Waals surface area contributed by atoms with Crippen LogP contribution in [-0.2, 0) is 10.0 Å². The van der Waals surface area contributed by atoms with Crippen LogP contribution in [0.2, 0.25) is 0 Å². The van der Waals surface area contributed by atoms with Gasteiger partial charge >= 0.3 is 0 Å². The quantitative estimate of drug-likeness (QED) is 0.785. The molecule has 3 nitrogen and oxygen atoms in total. The maximum Gasteiger partial charge on any atom is 0.243 e. The number of nitrogens with zero attached hydrogens (tertiary/aromatic N) is 1. The predicted octanol–water partition coefficient (Wildman–Crippen LogP) is 1.80. The second-order valence-electron chi connectivity index (χ2n) is 4.70. The summed E-state index contributed by atoms with van der Waals surface area (Å²) in [5.41, 5.74) is 1.08. The van der Waals surface area contributed by atoms with Crippen molar-refractivity contribution in [1.29, 1.82) is 0 Å². The largest absolute Gasteiger partial charge is 0.243 e. The molecule has 0 unspecified atom stereocenters. The van der Waals surface area contributed by atoms with Crippen LogP contribution in [0.25, 0.3) is 0 Å². The van der Waals surface area contributed by atoms with Crippen molar-refractivity contribution in [2.75, 3.05) is 6.54 Å². The van der Waals surface area contributed by atoms with E-state index in [2.05, 4.69) is 0 Å². The van der Waals surface area contributed by atoms with Gasteiger partial charge < -0.3 is 0 Å². The summed E-state index contributed by atoms with van der Waals surface area (Å²) in [6.07, 6.45) is 1.17. The minimum atomic E-state index is -3.28. The fourth-order valence-corrected chi connectivity index (χ4v) is 3.65. The normalized spacial score (nSPS) is 29.1.